The largest absolute Gasteiger partial charge is 0.348 e. The number of anilines is 1. The molecule has 0 bridgehead atoms. The van der Waals surface area contributed by atoms with E-state index in [0.717, 1.165) is 21.9 Å². The van der Waals surface area contributed by atoms with Crippen LogP contribution in [0.4, 0.5) is 10.1 Å². The first kappa shape index (κ1) is 23.5. The highest BCUT2D eigenvalue weighted by molar-refractivity contribution is 7.92. The maximum Gasteiger partial charge on any atom is 0.264 e. The molecule has 0 aliphatic rings. The first-order valence-electron chi connectivity index (χ1n) is 10.4. The minimum Gasteiger partial charge on any atom is -0.348 e. The molecule has 0 aliphatic heterocycles. The molecular formula is C25H27FN2O3S. The fourth-order valence-electron chi connectivity index (χ4n) is 3.33. The molecule has 3 aromatic carbocycles. The second-order valence-electron chi connectivity index (χ2n) is 7.66. The van der Waals surface area contributed by atoms with Gasteiger partial charge in [0.15, 0.2) is 0 Å². The lowest BCUT2D eigenvalue weighted by Crippen LogP contribution is -2.42. The molecule has 1 N–H and O–H groups in total. The molecule has 3 aromatic rings. The zero-order valence-electron chi connectivity index (χ0n) is 18.4. The fraction of sp³-hybridized carbons (Fsp3) is 0.240. The molecule has 1 unspecified atom stereocenters. The first-order chi connectivity index (χ1) is 15.2. The minimum atomic E-state index is -4.17. The van der Waals surface area contributed by atoms with Crippen LogP contribution < -0.4 is 9.62 Å². The number of carbonyl (C=O) groups excluding carboxylic acids is 1. The predicted octanol–water partition coefficient (Wildman–Crippen LogP) is 4.77. The van der Waals surface area contributed by atoms with E-state index in [-0.39, 0.29) is 16.6 Å². The summed E-state index contributed by atoms with van der Waals surface area (Å²) in [5.41, 5.74) is 2.79. The van der Waals surface area contributed by atoms with E-state index in [1.165, 1.54) is 42.0 Å². The first-order valence-corrected chi connectivity index (χ1v) is 11.9. The number of carbonyl (C=O) groups is 1. The Hall–Kier alpha value is -3.19. The highest BCUT2D eigenvalue weighted by Crippen LogP contribution is 2.26. The van der Waals surface area contributed by atoms with Crippen LogP contribution in [0.2, 0.25) is 0 Å². The number of rotatable bonds is 8. The van der Waals surface area contributed by atoms with Crippen molar-refractivity contribution in [2.45, 2.75) is 38.1 Å². The maximum atomic E-state index is 14.6. The van der Waals surface area contributed by atoms with Gasteiger partial charge in [-0.3, -0.25) is 9.10 Å². The van der Waals surface area contributed by atoms with Gasteiger partial charge in [-0.25, -0.2) is 12.8 Å². The Morgan fingerprint density at radius 3 is 2.22 bits per heavy atom. The normalized spacial score (nSPS) is 12.2. The fourth-order valence-corrected chi connectivity index (χ4v) is 4.76. The molecule has 32 heavy (non-hydrogen) atoms. The van der Waals surface area contributed by atoms with Crippen molar-refractivity contribution in [3.8, 4) is 0 Å². The van der Waals surface area contributed by atoms with Crippen LogP contribution in [0, 0.1) is 12.7 Å². The number of hydrogen-bond donors (Lipinski definition) is 1. The Morgan fingerprint density at radius 1 is 1.00 bits per heavy atom. The molecule has 1 atom stereocenters. The average Bonchev–Trinajstić information content (AvgIpc) is 2.78. The summed E-state index contributed by atoms with van der Waals surface area (Å²) >= 11 is 0. The van der Waals surface area contributed by atoms with Gasteiger partial charge in [0, 0.05) is 0 Å². The zero-order chi connectivity index (χ0) is 23.3. The van der Waals surface area contributed by atoms with Gasteiger partial charge < -0.3 is 5.32 Å². The number of aryl methyl sites for hydroxylation is 2. The molecule has 0 aromatic heterocycles. The highest BCUT2D eigenvalue weighted by Gasteiger charge is 2.29. The van der Waals surface area contributed by atoms with E-state index >= 15 is 0 Å². The van der Waals surface area contributed by atoms with Gasteiger partial charge >= 0.3 is 0 Å². The smallest absolute Gasteiger partial charge is 0.264 e. The van der Waals surface area contributed by atoms with Gasteiger partial charge in [0.25, 0.3) is 10.0 Å². The highest BCUT2D eigenvalue weighted by atomic mass is 32.2. The van der Waals surface area contributed by atoms with Gasteiger partial charge in [0.1, 0.15) is 12.4 Å². The number of amides is 1. The van der Waals surface area contributed by atoms with Crippen molar-refractivity contribution >= 4 is 21.6 Å². The molecule has 0 fully saturated rings. The van der Waals surface area contributed by atoms with Crippen molar-refractivity contribution in [3.05, 3.63) is 95.3 Å². The van der Waals surface area contributed by atoms with Crippen LogP contribution in [0.3, 0.4) is 0 Å². The summed E-state index contributed by atoms with van der Waals surface area (Å²) in [6, 6.07) is 19.3. The molecule has 0 saturated heterocycles. The van der Waals surface area contributed by atoms with Crippen molar-refractivity contribution in [2.24, 2.45) is 0 Å². The molecular weight excluding hydrogens is 427 g/mol. The van der Waals surface area contributed by atoms with E-state index in [4.69, 9.17) is 0 Å². The standard InChI is InChI=1S/C25H27FN2O3S/c1-4-20-11-13-21(14-12-20)19(3)27-25(29)17-28(24-8-6-5-7-23(24)26)32(30,31)22-15-9-18(2)10-16-22/h5-16,19H,4,17H2,1-3H3,(H,27,29). The molecule has 0 heterocycles. The van der Waals surface area contributed by atoms with Crippen LogP contribution in [0.5, 0.6) is 0 Å². The SMILES string of the molecule is CCc1ccc(C(C)NC(=O)CN(c2ccccc2F)S(=O)(=O)c2ccc(C)cc2)cc1. The Kier molecular flexibility index (Phi) is 7.30. The van der Waals surface area contributed by atoms with Gasteiger partial charge in [-0.15, -0.1) is 0 Å². The van der Waals surface area contributed by atoms with Crippen LogP contribution in [-0.2, 0) is 21.2 Å². The van der Waals surface area contributed by atoms with Crippen LogP contribution in [-0.4, -0.2) is 20.9 Å². The van der Waals surface area contributed by atoms with Gasteiger partial charge in [0.2, 0.25) is 5.91 Å². The summed E-state index contributed by atoms with van der Waals surface area (Å²) in [7, 11) is -4.17. The molecule has 168 valence electrons. The Labute approximate surface area is 188 Å². The molecule has 3 rings (SSSR count). The lowest BCUT2D eigenvalue weighted by Gasteiger charge is -2.25. The van der Waals surface area contributed by atoms with Gasteiger partial charge in [-0.2, -0.15) is 0 Å². The van der Waals surface area contributed by atoms with E-state index in [9.17, 15) is 17.6 Å². The Balaban J connectivity index is 1.87. The second kappa shape index (κ2) is 9.96. The molecule has 1 amide bonds. The second-order valence-corrected chi connectivity index (χ2v) is 9.52. The van der Waals surface area contributed by atoms with E-state index in [1.54, 1.807) is 12.1 Å². The van der Waals surface area contributed by atoms with Crippen LogP contribution in [0.1, 0.15) is 36.6 Å². The number of nitrogens with one attached hydrogen (secondary N) is 1. The summed E-state index contributed by atoms with van der Waals surface area (Å²) in [5.74, 6) is -1.25. The van der Waals surface area contributed by atoms with Crippen molar-refractivity contribution in [3.63, 3.8) is 0 Å². The number of para-hydroxylation sites is 1. The monoisotopic (exact) mass is 454 g/mol. The molecule has 7 heteroatoms. The zero-order valence-corrected chi connectivity index (χ0v) is 19.2. The summed E-state index contributed by atoms with van der Waals surface area (Å²) in [6.07, 6.45) is 0.912. The lowest BCUT2D eigenvalue weighted by molar-refractivity contribution is -0.120. The van der Waals surface area contributed by atoms with E-state index in [1.807, 2.05) is 38.1 Å². The molecule has 0 aliphatic carbocycles. The quantitative estimate of drug-likeness (QED) is 0.533. The predicted molar refractivity (Wildman–Crippen MR) is 124 cm³/mol. The molecule has 0 radical (unpaired) electrons. The third-order valence-electron chi connectivity index (χ3n) is 5.28. The number of nitrogens with zero attached hydrogens (tertiary/aromatic N) is 1. The van der Waals surface area contributed by atoms with Crippen molar-refractivity contribution in [2.75, 3.05) is 10.8 Å². The van der Waals surface area contributed by atoms with Gasteiger partial charge in [-0.05, 0) is 55.7 Å². The molecule has 5 nitrogen and oxygen atoms in total. The van der Waals surface area contributed by atoms with Crippen molar-refractivity contribution in [1.29, 1.82) is 0 Å². The summed E-state index contributed by atoms with van der Waals surface area (Å²) in [4.78, 5) is 12.8. The van der Waals surface area contributed by atoms with Crippen LogP contribution >= 0.6 is 0 Å². The Bertz CT molecular complexity index is 1180. The third kappa shape index (κ3) is 5.34. The van der Waals surface area contributed by atoms with Crippen molar-refractivity contribution in [1.82, 2.24) is 5.32 Å². The van der Waals surface area contributed by atoms with E-state index in [2.05, 4.69) is 12.2 Å². The number of sulfonamides is 1. The summed E-state index contributed by atoms with van der Waals surface area (Å²) in [5, 5.41) is 2.82. The number of halogens is 1. The van der Waals surface area contributed by atoms with Crippen LogP contribution in [0.25, 0.3) is 0 Å². The minimum absolute atomic E-state index is 0.0117. The molecule has 0 saturated carbocycles. The summed E-state index contributed by atoms with van der Waals surface area (Å²) in [6.45, 7) is 5.17. The Morgan fingerprint density at radius 2 is 1.62 bits per heavy atom. The third-order valence-corrected chi connectivity index (χ3v) is 7.06. The maximum absolute atomic E-state index is 14.6. The molecule has 0 spiro atoms. The van der Waals surface area contributed by atoms with Gasteiger partial charge in [-0.1, -0.05) is 61.0 Å². The van der Waals surface area contributed by atoms with E-state index in [0.29, 0.717) is 0 Å². The number of benzene rings is 3. The lowest BCUT2D eigenvalue weighted by atomic mass is 10.1. The van der Waals surface area contributed by atoms with Crippen molar-refractivity contribution < 1.29 is 17.6 Å². The summed E-state index contributed by atoms with van der Waals surface area (Å²) < 4.78 is 42.1. The number of hydrogen-bond acceptors (Lipinski definition) is 3. The van der Waals surface area contributed by atoms with Crippen LogP contribution in [0.15, 0.2) is 77.7 Å². The van der Waals surface area contributed by atoms with E-state index < -0.39 is 28.3 Å². The topological polar surface area (TPSA) is 66.5 Å². The average molecular weight is 455 g/mol. The van der Waals surface area contributed by atoms with Gasteiger partial charge in [0.05, 0.1) is 16.6 Å².